The van der Waals surface area contributed by atoms with Crippen LogP contribution in [0.1, 0.15) is 25.8 Å². The van der Waals surface area contributed by atoms with E-state index in [9.17, 15) is 8.78 Å². The van der Waals surface area contributed by atoms with Crippen molar-refractivity contribution < 1.29 is 13.9 Å². The van der Waals surface area contributed by atoms with Crippen molar-refractivity contribution in [1.82, 2.24) is 5.32 Å². The highest BCUT2D eigenvalue weighted by molar-refractivity contribution is 5.20. The molecule has 0 aromatic heterocycles. The van der Waals surface area contributed by atoms with Crippen LogP contribution in [0.4, 0.5) is 8.78 Å². The van der Waals surface area contributed by atoms with Gasteiger partial charge in [-0.2, -0.15) is 8.78 Å². The second kappa shape index (κ2) is 6.81. The molecule has 0 amide bonds. The molecule has 1 unspecified atom stereocenters. The third-order valence-corrected chi connectivity index (χ3v) is 3.03. The van der Waals surface area contributed by atoms with Crippen LogP contribution in [0.5, 0.6) is 0 Å². The van der Waals surface area contributed by atoms with Gasteiger partial charge in [-0.05, 0) is 12.3 Å². The minimum Gasteiger partial charge on any atom is -0.396 e. The summed E-state index contributed by atoms with van der Waals surface area (Å²) in [4.78, 5) is 0. The molecule has 0 spiro atoms. The van der Waals surface area contributed by atoms with Crippen molar-refractivity contribution in [2.45, 2.75) is 32.2 Å². The van der Waals surface area contributed by atoms with Gasteiger partial charge in [0.25, 0.3) is 5.92 Å². The van der Waals surface area contributed by atoms with Gasteiger partial charge < -0.3 is 10.4 Å². The fourth-order valence-corrected chi connectivity index (χ4v) is 1.85. The molecule has 1 atom stereocenters. The van der Waals surface area contributed by atoms with E-state index in [1.54, 1.807) is 18.2 Å². The third-order valence-electron chi connectivity index (χ3n) is 3.03. The van der Waals surface area contributed by atoms with Crippen LogP contribution in [0.15, 0.2) is 30.3 Å². The molecule has 0 bridgehead atoms. The molecule has 0 heterocycles. The van der Waals surface area contributed by atoms with Crippen LogP contribution in [0.2, 0.25) is 0 Å². The molecule has 0 aliphatic rings. The van der Waals surface area contributed by atoms with Crippen molar-refractivity contribution in [1.29, 1.82) is 0 Å². The first-order chi connectivity index (χ1) is 8.47. The van der Waals surface area contributed by atoms with Gasteiger partial charge >= 0.3 is 0 Å². The summed E-state index contributed by atoms with van der Waals surface area (Å²) in [6, 6.07) is 7.70. The average molecular weight is 257 g/mol. The molecule has 0 radical (unpaired) electrons. The summed E-state index contributed by atoms with van der Waals surface area (Å²) in [5.74, 6) is -2.67. The monoisotopic (exact) mass is 257 g/mol. The van der Waals surface area contributed by atoms with Gasteiger partial charge in [-0.15, -0.1) is 0 Å². The first kappa shape index (κ1) is 15.1. The fourth-order valence-electron chi connectivity index (χ4n) is 1.85. The number of benzene rings is 1. The van der Waals surface area contributed by atoms with Crippen molar-refractivity contribution in [3.63, 3.8) is 0 Å². The molecule has 4 heteroatoms. The van der Waals surface area contributed by atoms with Gasteiger partial charge in [0.2, 0.25) is 0 Å². The van der Waals surface area contributed by atoms with E-state index in [1.165, 1.54) is 12.1 Å². The van der Waals surface area contributed by atoms with Gasteiger partial charge in [0.1, 0.15) is 0 Å². The number of halogens is 2. The van der Waals surface area contributed by atoms with Gasteiger partial charge in [-0.1, -0.05) is 44.2 Å². The molecule has 0 aliphatic carbocycles. The molecule has 1 aromatic carbocycles. The first-order valence-corrected chi connectivity index (χ1v) is 6.25. The highest BCUT2D eigenvalue weighted by atomic mass is 19.3. The molecule has 1 aromatic rings. The van der Waals surface area contributed by atoms with Gasteiger partial charge in [0.05, 0.1) is 6.54 Å². The minimum atomic E-state index is -2.89. The summed E-state index contributed by atoms with van der Waals surface area (Å²) in [6.07, 6.45) is 0.489. The molecule has 18 heavy (non-hydrogen) atoms. The van der Waals surface area contributed by atoms with E-state index in [-0.39, 0.29) is 24.1 Å². The standard InChI is InChI=1S/C14H21F2NO/c1-11(2)13(8-9-18)17-10-14(15,16)12-6-4-3-5-7-12/h3-7,11,13,17-18H,8-10H2,1-2H3. The number of aliphatic hydroxyl groups excluding tert-OH is 1. The lowest BCUT2D eigenvalue weighted by Gasteiger charge is -2.25. The van der Waals surface area contributed by atoms with E-state index in [4.69, 9.17) is 5.11 Å². The molecular weight excluding hydrogens is 236 g/mol. The SMILES string of the molecule is CC(C)C(CCO)NCC(F)(F)c1ccccc1. The van der Waals surface area contributed by atoms with Crippen LogP contribution >= 0.6 is 0 Å². The lowest BCUT2D eigenvalue weighted by Crippen LogP contribution is -2.41. The van der Waals surface area contributed by atoms with Crippen LogP contribution in [0.3, 0.4) is 0 Å². The molecule has 0 saturated carbocycles. The largest absolute Gasteiger partial charge is 0.396 e. The summed E-state index contributed by atoms with van der Waals surface area (Å²) in [7, 11) is 0. The number of alkyl halides is 2. The van der Waals surface area contributed by atoms with Crippen molar-refractivity contribution >= 4 is 0 Å². The Morgan fingerprint density at radius 2 is 1.83 bits per heavy atom. The minimum absolute atomic E-state index is 0.00670. The Balaban J connectivity index is 2.60. The maximum absolute atomic E-state index is 13.9. The summed E-state index contributed by atoms with van der Waals surface area (Å²) in [5, 5.41) is 11.8. The quantitative estimate of drug-likeness (QED) is 0.787. The zero-order chi connectivity index (χ0) is 13.6. The number of nitrogens with one attached hydrogen (secondary N) is 1. The van der Waals surface area contributed by atoms with E-state index in [0.29, 0.717) is 6.42 Å². The fraction of sp³-hybridized carbons (Fsp3) is 0.571. The van der Waals surface area contributed by atoms with E-state index in [0.717, 1.165) is 0 Å². The van der Waals surface area contributed by atoms with Crippen LogP contribution < -0.4 is 5.32 Å². The first-order valence-electron chi connectivity index (χ1n) is 6.25. The summed E-state index contributed by atoms with van der Waals surface area (Å²) in [5.41, 5.74) is 0.0176. The molecule has 102 valence electrons. The molecule has 0 fully saturated rings. The Kier molecular flexibility index (Phi) is 5.69. The van der Waals surface area contributed by atoms with E-state index >= 15 is 0 Å². The zero-order valence-electron chi connectivity index (χ0n) is 10.9. The van der Waals surface area contributed by atoms with Crippen molar-refractivity contribution in [2.24, 2.45) is 5.92 Å². The predicted molar refractivity (Wildman–Crippen MR) is 68.7 cm³/mol. The Morgan fingerprint density at radius 1 is 1.22 bits per heavy atom. The number of hydrogen-bond acceptors (Lipinski definition) is 2. The van der Waals surface area contributed by atoms with Gasteiger partial charge in [0, 0.05) is 18.2 Å². The second-order valence-electron chi connectivity index (χ2n) is 4.81. The van der Waals surface area contributed by atoms with Crippen molar-refractivity contribution in [3.05, 3.63) is 35.9 Å². The third kappa shape index (κ3) is 4.35. The molecule has 2 nitrogen and oxygen atoms in total. The van der Waals surface area contributed by atoms with Crippen LogP contribution in [-0.4, -0.2) is 24.3 Å². The van der Waals surface area contributed by atoms with Gasteiger partial charge in [-0.25, -0.2) is 0 Å². The maximum Gasteiger partial charge on any atom is 0.285 e. The summed E-state index contributed by atoms with van der Waals surface area (Å²) < 4.78 is 27.8. The van der Waals surface area contributed by atoms with Crippen molar-refractivity contribution in [3.8, 4) is 0 Å². The normalized spacial score (nSPS) is 13.9. The topological polar surface area (TPSA) is 32.3 Å². The van der Waals surface area contributed by atoms with Crippen molar-refractivity contribution in [2.75, 3.05) is 13.2 Å². The van der Waals surface area contributed by atoms with Crippen LogP contribution in [0, 0.1) is 5.92 Å². The molecular formula is C14H21F2NO. The molecule has 0 saturated heterocycles. The van der Waals surface area contributed by atoms with Crippen LogP contribution in [0.25, 0.3) is 0 Å². The second-order valence-corrected chi connectivity index (χ2v) is 4.81. The number of rotatable bonds is 7. The Hall–Kier alpha value is -1.00. The van der Waals surface area contributed by atoms with E-state index in [2.05, 4.69) is 5.32 Å². The molecule has 0 aliphatic heterocycles. The van der Waals surface area contributed by atoms with Gasteiger partial charge in [0.15, 0.2) is 0 Å². The summed E-state index contributed by atoms with van der Waals surface area (Å²) >= 11 is 0. The molecule has 2 N–H and O–H groups in total. The predicted octanol–water partition coefficient (Wildman–Crippen LogP) is 2.78. The number of hydrogen-bond donors (Lipinski definition) is 2. The smallest absolute Gasteiger partial charge is 0.285 e. The van der Waals surface area contributed by atoms with Crippen LogP contribution in [-0.2, 0) is 5.92 Å². The highest BCUT2D eigenvalue weighted by Gasteiger charge is 2.32. The van der Waals surface area contributed by atoms with E-state index < -0.39 is 12.5 Å². The molecule has 1 rings (SSSR count). The lowest BCUT2D eigenvalue weighted by molar-refractivity contribution is -0.00789. The number of aliphatic hydroxyl groups is 1. The van der Waals surface area contributed by atoms with E-state index in [1.807, 2.05) is 13.8 Å². The average Bonchev–Trinajstić information content (AvgIpc) is 2.35. The Morgan fingerprint density at radius 3 is 2.33 bits per heavy atom. The Labute approximate surface area is 107 Å². The Bertz CT molecular complexity index is 341. The highest BCUT2D eigenvalue weighted by Crippen LogP contribution is 2.27. The van der Waals surface area contributed by atoms with Gasteiger partial charge in [-0.3, -0.25) is 0 Å². The summed E-state index contributed by atoms with van der Waals surface area (Å²) in [6.45, 7) is 3.51. The lowest BCUT2D eigenvalue weighted by atomic mass is 10.0. The maximum atomic E-state index is 13.9. The zero-order valence-corrected chi connectivity index (χ0v) is 10.9.